The molecule has 3 nitrogen and oxygen atoms in total. The van der Waals surface area contributed by atoms with Crippen molar-refractivity contribution in [1.29, 1.82) is 10.5 Å². The molecule has 0 spiro atoms. The summed E-state index contributed by atoms with van der Waals surface area (Å²) < 4.78 is 0. The second-order valence-electron chi connectivity index (χ2n) is 2.28. The zero-order valence-corrected chi connectivity index (χ0v) is 6.70. The maximum absolute atomic E-state index is 8.67. The highest BCUT2D eigenvalue weighted by atomic mass is 14.5. The third-order valence-electron chi connectivity index (χ3n) is 1.42. The first-order valence-corrected chi connectivity index (χ1v) is 3.47. The molecule has 0 heterocycles. The van der Waals surface area contributed by atoms with Crippen molar-refractivity contribution >= 4 is 5.69 Å². The van der Waals surface area contributed by atoms with Crippen LogP contribution in [0.3, 0.4) is 0 Å². The zero-order valence-electron chi connectivity index (χ0n) is 6.70. The number of nitrogens with zero attached hydrogens (tertiary/aromatic N) is 2. The van der Waals surface area contributed by atoms with Gasteiger partial charge in [-0.3, -0.25) is 0 Å². The van der Waals surface area contributed by atoms with Crippen molar-refractivity contribution in [3.63, 3.8) is 0 Å². The largest absolute Gasteiger partial charge is 0.399 e. The van der Waals surface area contributed by atoms with E-state index in [2.05, 4.69) is 11.8 Å². The van der Waals surface area contributed by atoms with Gasteiger partial charge in [0.2, 0.25) is 0 Å². The number of hydrogen-bond donors (Lipinski definition) is 1. The van der Waals surface area contributed by atoms with Gasteiger partial charge in [0, 0.05) is 17.2 Å². The molecule has 0 aliphatic heterocycles. The summed E-state index contributed by atoms with van der Waals surface area (Å²) in [5.41, 5.74) is 6.94. The van der Waals surface area contributed by atoms with Crippen LogP contribution in [0.4, 0.5) is 5.69 Å². The highest BCUT2D eigenvalue weighted by molar-refractivity contribution is 5.56. The topological polar surface area (TPSA) is 73.6 Å². The molecule has 0 aromatic heterocycles. The summed E-state index contributed by atoms with van der Waals surface area (Å²) in [6.07, 6.45) is 0. The van der Waals surface area contributed by atoms with Crippen LogP contribution in [0.2, 0.25) is 0 Å². The van der Waals surface area contributed by atoms with Gasteiger partial charge in [0.1, 0.15) is 6.07 Å². The third-order valence-corrected chi connectivity index (χ3v) is 1.42. The molecular formula is C10H5N3. The van der Waals surface area contributed by atoms with Gasteiger partial charge in [-0.15, -0.1) is 0 Å². The van der Waals surface area contributed by atoms with Crippen LogP contribution in [0.15, 0.2) is 18.2 Å². The molecule has 13 heavy (non-hydrogen) atoms. The minimum atomic E-state index is 0.428. The Balaban J connectivity index is 3.28. The molecule has 2 N–H and O–H groups in total. The fourth-order valence-corrected chi connectivity index (χ4v) is 0.858. The summed E-state index contributed by atoms with van der Waals surface area (Å²) in [5.74, 6) is 4.76. The number of anilines is 1. The molecular weight excluding hydrogens is 162 g/mol. The van der Waals surface area contributed by atoms with Crippen molar-refractivity contribution in [2.45, 2.75) is 0 Å². The molecule has 0 aliphatic rings. The normalized spacial score (nSPS) is 7.54. The van der Waals surface area contributed by atoms with Crippen molar-refractivity contribution in [3.8, 4) is 24.0 Å². The molecule has 0 fully saturated rings. The zero-order chi connectivity index (χ0) is 9.68. The Bertz CT molecular complexity index is 464. The van der Waals surface area contributed by atoms with E-state index in [4.69, 9.17) is 16.3 Å². The lowest BCUT2D eigenvalue weighted by Crippen LogP contribution is -1.88. The number of nitriles is 2. The monoisotopic (exact) mass is 167 g/mol. The average molecular weight is 167 g/mol. The predicted octanol–water partition coefficient (Wildman–Crippen LogP) is 1.02. The van der Waals surface area contributed by atoms with Crippen molar-refractivity contribution in [1.82, 2.24) is 0 Å². The Morgan fingerprint density at radius 3 is 2.54 bits per heavy atom. The van der Waals surface area contributed by atoms with Gasteiger partial charge in [-0.25, -0.2) is 0 Å². The van der Waals surface area contributed by atoms with Crippen LogP contribution in [0.5, 0.6) is 0 Å². The smallest absolute Gasteiger partial charge is 0.152 e. The lowest BCUT2D eigenvalue weighted by molar-refractivity contribution is 1.47. The van der Waals surface area contributed by atoms with Gasteiger partial charge in [0.15, 0.2) is 6.07 Å². The Morgan fingerprint density at radius 2 is 1.92 bits per heavy atom. The number of rotatable bonds is 0. The van der Waals surface area contributed by atoms with E-state index < -0.39 is 0 Å². The summed E-state index contributed by atoms with van der Waals surface area (Å²) in [6.45, 7) is 0. The maximum atomic E-state index is 8.67. The van der Waals surface area contributed by atoms with E-state index >= 15 is 0 Å². The summed E-state index contributed by atoms with van der Waals surface area (Å²) in [6, 6.07) is 8.41. The first kappa shape index (κ1) is 8.65. The second-order valence-corrected chi connectivity index (χ2v) is 2.28. The summed E-state index contributed by atoms with van der Waals surface area (Å²) in [7, 11) is 0. The fraction of sp³-hybridized carbons (Fsp3) is 0. The van der Waals surface area contributed by atoms with Crippen molar-refractivity contribution in [3.05, 3.63) is 29.3 Å². The molecule has 0 saturated heterocycles. The Kier molecular flexibility index (Phi) is 2.54. The van der Waals surface area contributed by atoms with Gasteiger partial charge < -0.3 is 5.73 Å². The van der Waals surface area contributed by atoms with Gasteiger partial charge in [-0.05, 0) is 24.1 Å². The molecule has 0 aliphatic carbocycles. The quantitative estimate of drug-likeness (QED) is 0.463. The van der Waals surface area contributed by atoms with Gasteiger partial charge in [-0.1, -0.05) is 0 Å². The first-order valence-electron chi connectivity index (χ1n) is 3.47. The molecule has 0 saturated carbocycles. The summed E-state index contributed by atoms with van der Waals surface area (Å²) >= 11 is 0. The Labute approximate surface area is 76.0 Å². The van der Waals surface area contributed by atoms with Crippen LogP contribution in [-0.2, 0) is 0 Å². The molecule has 0 unspecified atom stereocenters. The number of hydrogen-bond acceptors (Lipinski definition) is 3. The molecule has 3 heteroatoms. The molecule has 0 bridgehead atoms. The van der Waals surface area contributed by atoms with Crippen LogP contribution in [0.1, 0.15) is 11.1 Å². The van der Waals surface area contributed by atoms with Crippen LogP contribution in [-0.4, -0.2) is 0 Å². The second kappa shape index (κ2) is 3.81. The molecule has 1 aromatic carbocycles. The van der Waals surface area contributed by atoms with E-state index in [1.54, 1.807) is 24.3 Å². The molecule has 1 aromatic rings. The van der Waals surface area contributed by atoms with E-state index in [0.717, 1.165) is 0 Å². The van der Waals surface area contributed by atoms with Gasteiger partial charge in [-0.2, -0.15) is 10.5 Å². The van der Waals surface area contributed by atoms with E-state index in [1.807, 2.05) is 6.07 Å². The van der Waals surface area contributed by atoms with Crippen molar-refractivity contribution < 1.29 is 0 Å². The summed E-state index contributed by atoms with van der Waals surface area (Å²) in [4.78, 5) is 0. The van der Waals surface area contributed by atoms with Crippen LogP contribution in [0.25, 0.3) is 0 Å². The minimum absolute atomic E-state index is 0.428. The van der Waals surface area contributed by atoms with Gasteiger partial charge in [0.25, 0.3) is 0 Å². The fourth-order valence-electron chi connectivity index (χ4n) is 0.858. The highest BCUT2D eigenvalue weighted by Gasteiger charge is 1.98. The summed E-state index contributed by atoms with van der Waals surface area (Å²) in [5, 5.41) is 16.9. The van der Waals surface area contributed by atoms with Gasteiger partial charge in [0.05, 0.1) is 5.56 Å². The number of nitrogens with two attached hydrogens (primary N) is 1. The van der Waals surface area contributed by atoms with E-state index in [9.17, 15) is 0 Å². The minimum Gasteiger partial charge on any atom is -0.399 e. The van der Waals surface area contributed by atoms with Crippen LogP contribution >= 0.6 is 0 Å². The molecule has 1 rings (SSSR count). The SMILES string of the molecule is N#CC#Cc1cc(N)ccc1C#N. The molecule has 60 valence electrons. The molecule has 0 radical (unpaired) electrons. The lowest BCUT2D eigenvalue weighted by atomic mass is 10.1. The van der Waals surface area contributed by atoms with E-state index in [0.29, 0.717) is 16.8 Å². The number of benzene rings is 1. The van der Waals surface area contributed by atoms with E-state index in [1.165, 1.54) is 0 Å². The Hall–Kier alpha value is -2.44. The van der Waals surface area contributed by atoms with Crippen LogP contribution < -0.4 is 5.73 Å². The predicted molar refractivity (Wildman–Crippen MR) is 48.1 cm³/mol. The Morgan fingerprint density at radius 1 is 1.15 bits per heavy atom. The average Bonchev–Trinajstić information content (AvgIpc) is 2.15. The van der Waals surface area contributed by atoms with E-state index in [-0.39, 0.29) is 0 Å². The van der Waals surface area contributed by atoms with Crippen LogP contribution in [0, 0.1) is 34.5 Å². The third kappa shape index (κ3) is 1.99. The first-order chi connectivity index (χ1) is 6.27. The highest BCUT2D eigenvalue weighted by Crippen LogP contribution is 2.11. The lowest BCUT2D eigenvalue weighted by Gasteiger charge is -1.95. The van der Waals surface area contributed by atoms with Crippen molar-refractivity contribution in [2.75, 3.05) is 5.73 Å². The van der Waals surface area contributed by atoms with Gasteiger partial charge >= 0.3 is 0 Å². The molecule has 0 atom stereocenters. The maximum Gasteiger partial charge on any atom is 0.152 e. The number of nitrogen functional groups attached to an aromatic ring is 1. The standard InChI is InChI=1S/C10H5N3/c11-5-1-2-8-6-10(13)4-3-9(8)7-12/h3-4,6H,13H2. The molecule has 0 amide bonds. The van der Waals surface area contributed by atoms with Crippen molar-refractivity contribution in [2.24, 2.45) is 0 Å².